The van der Waals surface area contributed by atoms with Gasteiger partial charge in [-0.25, -0.2) is 0 Å². The van der Waals surface area contributed by atoms with E-state index in [0.717, 1.165) is 6.07 Å². The summed E-state index contributed by atoms with van der Waals surface area (Å²) >= 11 is 0. The lowest BCUT2D eigenvalue weighted by molar-refractivity contribution is -0.146. The van der Waals surface area contributed by atoms with E-state index in [9.17, 15) is 18.0 Å². The van der Waals surface area contributed by atoms with Gasteiger partial charge in [0.1, 0.15) is 0 Å². The monoisotopic (exact) mass is 287 g/mol. The third-order valence-corrected chi connectivity index (χ3v) is 3.59. The molecule has 6 heteroatoms. The molecule has 1 aromatic rings. The molecule has 1 aliphatic heterocycles. The molecule has 110 valence electrons. The summed E-state index contributed by atoms with van der Waals surface area (Å²) in [5, 5.41) is 3.01. The van der Waals surface area contributed by atoms with E-state index in [2.05, 4.69) is 10.1 Å². The molecule has 0 saturated carbocycles. The minimum atomic E-state index is -4.38. The molecule has 0 aromatic heterocycles. The zero-order chi connectivity index (χ0) is 14.8. The largest absolute Gasteiger partial charge is 0.469 e. The fraction of sp³-hybridized carbons (Fsp3) is 0.500. The highest BCUT2D eigenvalue weighted by atomic mass is 19.4. The first-order chi connectivity index (χ1) is 9.43. The third kappa shape index (κ3) is 3.12. The number of benzene rings is 1. The summed E-state index contributed by atoms with van der Waals surface area (Å²) in [7, 11) is 1.29. The van der Waals surface area contributed by atoms with Crippen molar-refractivity contribution in [1.82, 2.24) is 5.32 Å². The number of rotatable bonds is 2. The van der Waals surface area contributed by atoms with Crippen LogP contribution in [0.2, 0.25) is 0 Å². The lowest BCUT2D eigenvalue weighted by Gasteiger charge is -2.30. The van der Waals surface area contributed by atoms with E-state index in [1.165, 1.54) is 19.2 Å². The summed E-state index contributed by atoms with van der Waals surface area (Å²) in [4.78, 5) is 11.5. The molecule has 0 unspecified atom stereocenters. The zero-order valence-electron chi connectivity index (χ0n) is 11.0. The minimum absolute atomic E-state index is 0.237. The van der Waals surface area contributed by atoms with Gasteiger partial charge in [0.15, 0.2) is 0 Å². The molecule has 1 N–H and O–H groups in total. The molecule has 2 rings (SSSR count). The SMILES string of the molecule is COC(=O)[C@H]1CNC[C@@H](c2ccccc2C(F)(F)F)C1. The highest BCUT2D eigenvalue weighted by Gasteiger charge is 2.37. The molecule has 0 aliphatic carbocycles. The Kier molecular flexibility index (Phi) is 4.32. The average Bonchev–Trinajstić information content (AvgIpc) is 2.45. The van der Waals surface area contributed by atoms with E-state index in [1.54, 1.807) is 6.07 Å². The predicted octanol–water partition coefficient (Wildman–Crippen LogP) is 2.57. The van der Waals surface area contributed by atoms with Crippen LogP contribution < -0.4 is 5.32 Å². The maximum absolute atomic E-state index is 13.0. The molecule has 0 bridgehead atoms. The second kappa shape index (κ2) is 5.83. The first-order valence-corrected chi connectivity index (χ1v) is 6.38. The van der Waals surface area contributed by atoms with Crippen LogP contribution >= 0.6 is 0 Å². The Labute approximate surface area is 115 Å². The van der Waals surface area contributed by atoms with E-state index < -0.39 is 17.7 Å². The highest BCUT2D eigenvalue weighted by molar-refractivity contribution is 5.72. The maximum Gasteiger partial charge on any atom is 0.416 e. The normalized spacial score (nSPS) is 23.4. The summed E-state index contributed by atoms with van der Waals surface area (Å²) in [6.07, 6.45) is -4.01. The summed E-state index contributed by atoms with van der Waals surface area (Å²) in [6, 6.07) is 5.53. The molecule has 2 atom stereocenters. The number of alkyl halides is 3. The average molecular weight is 287 g/mol. The number of esters is 1. The fourth-order valence-electron chi connectivity index (χ4n) is 2.64. The molecule has 1 saturated heterocycles. The Balaban J connectivity index is 2.26. The molecule has 0 radical (unpaired) electrons. The van der Waals surface area contributed by atoms with Crippen molar-refractivity contribution in [2.45, 2.75) is 18.5 Å². The Morgan fingerprint density at radius 2 is 2.00 bits per heavy atom. The van der Waals surface area contributed by atoms with Crippen molar-refractivity contribution in [2.24, 2.45) is 5.92 Å². The van der Waals surface area contributed by atoms with E-state index in [1.807, 2.05) is 0 Å². The van der Waals surface area contributed by atoms with E-state index in [0.29, 0.717) is 19.5 Å². The molecule has 20 heavy (non-hydrogen) atoms. The minimum Gasteiger partial charge on any atom is -0.469 e. The van der Waals surface area contributed by atoms with Gasteiger partial charge in [-0.2, -0.15) is 13.2 Å². The van der Waals surface area contributed by atoms with Crippen LogP contribution in [0.15, 0.2) is 24.3 Å². The predicted molar refractivity (Wildman–Crippen MR) is 67.2 cm³/mol. The van der Waals surface area contributed by atoms with Gasteiger partial charge < -0.3 is 10.1 Å². The van der Waals surface area contributed by atoms with Gasteiger partial charge in [-0.15, -0.1) is 0 Å². The first-order valence-electron chi connectivity index (χ1n) is 6.38. The Hall–Kier alpha value is -1.56. The number of methoxy groups -OCH3 is 1. The van der Waals surface area contributed by atoms with Crippen molar-refractivity contribution in [2.75, 3.05) is 20.2 Å². The number of carbonyl (C=O) groups excluding carboxylic acids is 1. The van der Waals surface area contributed by atoms with Crippen molar-refractivity contribution in [1.29, 1.82) is 0 Å². The van der Waals surface area contributed by atoms with E-state index in [-0.39, 0.29) is 17.5 Å². The van der Waals surface area contributed by atoms with Crippen LogP contribution in [0.1, 0.15) is 23.5 Å². The van der Waals surface area contributed by atoms with Gasteiger partial charge >= 0.3 is 12.1 Å². The standard InChI is InChI=1S/C14H16F3NO2/c1-20-13(19)10-6-9(7-18-8-10)11-4-2-3-5-12(11)14(15,16)17/h2-5,9-10,18H,6-8H2,1H3/t9-,10+/m0/s1. The van der Waals surface area contributed by atoms with Gasteiger partial charge in [0, 0.05) is 13.1 Å². The van der Waals surface area contributed by atoms with Gasteiger partial charge in [-0.1, -0.05) is 18.2 Å². The van der Waals surface area contributed by atoms with Gasteiger partial charge in [0.05, 0.1) is 18.6 Å². The van der Waals surface area contributed by atoms with Gasteiger partial charge in [0.25, 0.3) is 0 Å². The van der Waals surface area contributed by atoms with Crippen LogP contribution in [0.4, 0.5) is 13.2 Å². The molecule has 0 amide bonds. The number of carbonyl (C=O) groups is 1. The van der Waals surface area contributed by atoms with Gasteiger partial charge in [-0.05, 0) is 24.0 Å². The second-order valence-electron chi connectivity index (χ2n) is 4.90. The van der Waals surface area contributed by atoms with E-state index >= 15 is 0 Å². The smallest absolute Gasteiger partial charge is 0.416 e. The number of hydrogen-bond acceptors (Lipinski definition) is 3. The number of nitrogens with one attached hydrogen (secondary N) is 1. The molecular weight excluding hydrogens is 271 g/mol. The number of piperidine rings is 1. The first kappa shape index (κ1) is 14.8. The fourth-order valence-corrected chi connectivity index (χ4v) is 2.64. The lowest BCUT2D eigenvalue weighted by atomic mass is 9.83. The number of halogens is 3. The van der Waals surface area contributed by atoms with Crippen LogP contribution in [0.25, 0.3) is 0 Å². The molecule has 1 aromatic carbocycles. The quantitative estimate of drug-likeness (QED) is 0.850. The number of hydrogen-bond donors (Lipinski definition) is 1. The molecule has 3 nitrogen and oxygen atoms in total. The van der Waals surface area contributed by atoms with Crippen molar-refractivity contribution in [3.63, 3.8) is 0 Å². The van der Waals surface area contributed by atoms with Crippen LogP contribution in [0, 0.1) is 5.92 Å². The molecule has 0 spiro atoms. The summed E-state index contributed by atoms with van der Waals surface area (Å²) in [5.74, 6) is -1.13. The van der Waals surface area contributed by atoms with Crippen molar-refractivity contribution in [3.05, 3.63) is 35.4 Å². The maximum atomic E-state index is 13.0. The summed E-state index contributed by atoms with van der Waals surface area (Å²) in [5.41, 5.74) is -0.390. The molecule has 1 heterocycles. The second-order valence-corrected chi connectivity index (χ2v) is 4.90. The Bertz CT molecular complexity index is 488. The van der Waals surface area contributed by atoms with Crippen LogP contribution in [0.3, 0.4) is 0 Å². The third-order valence-electron chi connectivity index (χ3n) is 3.59. The molecule has 1 fully saturated rings. The number of ether oxygens (including phenoxy) is 1. The van der Waals surface area contributed by atoms with Crippen molar-refractivity contribution < 1.29 is 22.7 Å². The van der Waals surface area contributed by atoms with Crippen LogP contribution in [-0.2, 0) is 15.7 Å². The zero-order valence-corrected chi connectivity index (χ0v) is 11.0. The van der Waals surface area contributed by atoms with Crippen LogP contribution in [0.5, 0.6) is 0 Å². The van der Waals surface area contributed by atoms with Crippen molar-refractivity contribution in [3.8, 4) is 0 Å². The Morgan fingerprint density at radius 1 is 1.30 bits per heavy atom. The Morgan fingerprint density at radius 3 is 2.65 bits per heavy atom. The van der Waals surface area contributed by atoms with Gasteiger partial charge in [0.2, 0.25) is 0 Å². The molecular formula is C14H16F3NO2. The highest BCUT2D eigenvalue weighted by Crippen LogP contribution is 2.37. The van der Waals surface area contributed by atoms with Crippen LogP contribution in [-0.4, -0.2) is 26.2 Å². The molecule has 1 aliphatic rings. The summed E-state index contributed by atoms with van der Waals surface area (Å²) < 4.78 is 43.7. The lowest BCUT2D eigenvalue weighted by Crippen LogP contribution is -2.39. The van der Waals surface area contributed by atoms with Gasteiger partial charge in [-0.3, -0.25) is 4.79 Å². The summed E-state index contributed by atoms with van der Waals surface area (Å²) in [6.45, 7) is 0.873. The van der Waals surface area contributed by atoms with Crippen molar-refractivity contribution >= 4 is 5.97 Å². The van der Waals surface area contributed by atoms with E-state index in [4.69, 9.17) is 0 Å². The topological polar surface area (TPSA) is 38.3 Å².